The fourth-order valence-electron chi connectivity index (χ4n) is 5.44. The minimum absolute atomic E-state index is 0.0249. The zero-order chi connectivity index (χ0) is 39.7. The van der Waals surface area contributed by atoms with Crippen LogP contribution in [0.4, 0.5) is 0 Å². The van der Waals surface area contributed by atoms with E-state index >= 15 is 0 Å². The first-order valence-electron chi connectivity index (χ1n) is 17.8. The van der Waals surface area contributed by atoms with Crippen molar-refractivity contribution in [2.75, 3.05) is 26.2 Å². The molecule has 1 aliphatic rings. The third-order valence-electron chi connectivity index (χ3n) is 8.45. The van der Waals surface area contributed by atoms with Crippen molar-refractivity contribution in [1.29, 1.82) is 0 Å². The highest BCUT2D eigenvalue weighted by molar-refractivity contribution is 5.96. The van der Waals surface area contributed by atoms with E-state index in [4.69, 9.17) is 5.11 Å². The summed E-state index contributed by atoms with van der Waals surface area (Å²) in [6, 6.07) is -5.17. The number of carboxylic acids is 1. The quantitative estimate of drug-likeness (QED) is 0.0678. The van der Waals surface area contributed by atoms with Crippen LogP contribution in [0.3, 0.4) is 0 Å². The molecule has 0 aliphatic carbocycles. The van der Waals surface area contributed by atoms with Crippen LogP contribution in [0.25, 0.3) is 0 Å². The number of hydrogen-bond donors (Lipinski definition) is 8. The molecule has 1 heterocycles. The predicted octanol–water partition coefficient (Wildman–Crippen LogP) is -1.47. The van der Waals surface area contributed by atoms with Gasteiger partial charge in [-0.2, -0.15) is 0 Å². The van der Waals surface area contributed by atoms with E-state index in [0.717, 1.165) is 0 Å². The number of amides is 8. The molecule has 0 radical (unpaired) electrons. The van der Waals surface area contributed by atoms with E-state index in [0.29, 0.717) is 25.8 Å². The molecular weight excluding hydrogens is 680 g/mol. The normalized spacial score (nSPS) is 16.8. The molecule has 8 amide bonds. The van der Waals surface area contributed by atoms with Crippen molar-refractivity contribution in [3.05, 3.63) is 0 Å². The van der Waals surface area contributed by atoms with Crippen molar-refractivity contribution >= 4 is 53.2 Å². The van der Waals surface area contributed by atoms with Crippen molar-refractivity contribution < 1.29 is 48.3 Å². The number of carbonyl (C=O) groups excluding carboxylic acids is 8. The highest BCUT2D eigenvalue weighted by Gasteiger charge is 2.36. The molecule has 52 heavy (non-hydrogen) atoms. The average Bonchev–Trinajstić information content (AvgIpc) is 3.56. The maximum Gasteiger partial charge on any atom is 0.325 e. The van der Waals surface area contributed by atoms with Gasteiger partial charge in [0, 0.05) is 13.5 Å². The fraction of sp³-hybridized carbons (Fsp3) is 0.735. The van der Waals surface area contributed by atoms with Gasteiger partial charge in [0.05, 0.1) is 19.6 Å². The number of aliphatic carboxylic acids is 1. The minimum Gasteiger partial charge on any atom is -0.480 e. The second-order valence-electron chi connectivity index (χ2n) is 14.0. The molecule has 18 nitrogen and oxygen atoms in total. The number of carbonyl (C=O) groups is 9. The van der Waals surface area contributed by atoms with E-state index in [1.165, 1.54) is 18.7 Å². The van der Waals surface area contributed by atoms with Gasteiger partial charge in [-0.1, -0.05) is 48.0 Å². The summed E-state index contributed by atoms with van der Waals surface area (Å²) in [6.45, 7) is 12.5. The van der Waals surface area contributed by atoms with Crippen LogP contribution in [0.5, 0.6) is 0 Å². The summed E-state index contributed by atoms with van der Waals surface area (Å²) in [5.41, 5.74) is 0. The first-order valence-corrected chi connectivity index (χ1v) is 17.8. The summed E-state index contributed by atoms with van der Waals surface area (Å²) in [6.07, 6.45) is 1.87. The summed E-state index contributed by atoms with van der Waals surface area (Å²) in [5, 5.41) is 26.5. The van der Waals surface area contributed by atoms with E-state index in [9.17, 15) is 43.2 Å². The zero-order valence-corrected chi connectivity index (χ0v) is 31.6. The van der Waals surface area contributed by atoms with Crippen molar-refractivity contribution in [3.8, 4) is 0 Å². The third kappa shape index (κ3) is 16.1. The Labute approximate surface area is 305 Å². The van der Waals surface area contributed by atoms with E-state index < -0.39 is 90.6 Å². The number of likely N-dealkylation sites (tertiary alicyclic amines) is 1. The third-order valence-corrected chi connectivity index (χ3v) is 8.45. The molecule has 294 valence electrons. The molecule has 0 aromatic rings. The maximum absolute atomic E-state index is 13.5. The van der Waals surface area contributed by atoms with Crippen molar-refractivity contribution in [2.24, 2.45) is 17.8 Å². The Hall–Kier alpha value is -4.77. The second-order valence-corrected chi connectivity index (χ2v) is 14.0. The molecule has 8 N–H and O–H groups in total. The summed E-state index contributed by atoms with van der Waals surface area (Å²) in [4.78, 5) is 114. The van der Waals surface area contributed by atoms with E-state index in [1.54, 1.807) is 6.92 Å². The number of nitrogens with zero attached hydrogens (tertiary/aromatic N) is 1. The first-order chi connectivity index (χ1) is 24.3. The SMILES string of the molecule is CCC(C)C(NC(=O)CNC(=O)C(CC(C)C)NC(=O)C1CCCN1C(=O)CNC(C)=O)C(=O)NC(CC(C)C)C(=O)NCC(=O)NC(C)C(=O)O. The summed E-state index contributed by atoms with van der Waals surface area (Å²) < 4.78 is 0. The van der Waals surface area contributed by atoms with Gasteiger partial charge >= 0.3 is 5.97 Å². The van der Waals surface area contributed by atoms with Gasteiger partial charge in [-0.15, -0.1) is 0 Å². The molecule has 18 heteroatoms. The second kappa shape index (κ2) is 22.2. The van der Waals surface area contributed by atoms with E-state index in [-0.39, 0.29) is 43.0 Å². The van der Waals surface area contributed by atoms with Gasteiger partial charge in [0.2, 0.25) is 47.3 Å². The van der Waals surface area contributed by atoms with Crippen molar-refractivity contribution in [2.45, 2.75) is 118 Å². The van der Waals surface area contributed by atoms with Gasteiger partial charge in [-0.05, 0) is 50.4 Å². The molecule has 1 rings (SSSR count). The Balaban J connectivity index is 2.92. The highest BCUT2D eigenvalue weighted by Crippen LogP contribution is 2.18. The Kier molecular flexibility index (Phi) is 19.3. The van der Waals surface area contributed by atoms with Gasteiger partial charge in [0.1, 0.15) is 30.2 Å². The molecule has 1 fully saturated rings. The zero-order valence-electron chi connectivity index (χ0n) is 31.6. The topological polar surface area (TPSA) is 261 Å². The Morgan fingerprint density at radius 2 is 1.21 bits per heavy atom. The average molecular weight is 739 g/mol. The van der Waals surface area contributed by atoms with Gasteiger partial charge in [-0.3, -0.25) is 43.2 Å². The summed E-state index contributed by atoms with van der Waals surface area (Å²) in [7, 11) is 0. The van der Waals surface area contributed by atoms with Crippen LogP contribution in [0.15, 0.2) is 0 Å². The molecular formula is C34H58N8O10. The molecule has 1 aliphatic heterocycles. The highest BCUT2D eigenvalue weighted by atomic mass is 16.4. The van der Waals surface area contributed by atoms with Crippen LogP contribution >= 0.6 is 0 Å². The molecule has 6 unspecified atom stereocenters. The van der Waals surface area contributed by atoms with Crippen LogP contribution in [0, 0.1) is 17.8 Å². The number of carboxylic acid groups (broad SMARTS) is 1. The van der Waals surface area contributed by atoms with E-state index in [1.807, 2.05) is 34.6 Å². The summed E-state index contributed by atoms with van der Waals surface area (Å²) >= 11 is 0. The van der Waals surface area contributed by atoms with Crippen LogP contribution in [-0.2, 0) is 43.2 Å². The Bertz CT molecular complexity index is 1310. The Morgan fingerprint density at radius 1 is 0.692 bits per heavy atom. The fourth-order valence-corrected chi connectivity index (χ4v) is 5.44. The molecule has 0 saturated carbocycles. The van der Waals surface area contributed by atoms with Crippen LogP contribution in [0.1, 0.15) is 87.5 Å². The van der Waals surface area contributed by atoms with Crippen LogP contribution < -0.4 is 37.2 Å². The molecule has 6 atom stereocenters. The molecule has 0 aromatic carbocycles. The van der Waals surface area contributed by atoms with Gasteiger partial charge in [0.15, 0.2) is 0 Å². The van der Waals surface area contributed by atoms with Crippen molar-refractivity contribution in [1.82, 2.24) is 42.1 Å². The lowest BCUT2D eigenvalue weighted by molar-refractivity contribution is -0.141. The molecule has 0 bridgehead atoms. The van der Waals surface area contributed by atoms with Gasteiger partial charge in [0.25, 0.3) is 0 Å². The number of rotatable bonds is 21. The summed E-state index contributed by atoms with van der Waals surface area (Å²) in [5.74, 6) is -6.41. The number of nitrogens with one attached hydrogen (secondary N) is 7. The molecule has 0 spiro atoms. The largest absolute Gasteiger partial charge is 0.480 e. The monoisotopic (exact) mass is 738 g/mol. The molecule has 1 saturated heterocycles. The maximum atomic E-state index is 13.5. The first kappa shape index (κ1) is 45.3. The lowest BCUT2D eigenvalue weighted by Gasteiger charge is -2.28. The minimum atomic E-state index is -1.24. The van der Waals surface area contributed by atoms with Gasteiger partial charge < -0.3 is 47.2 Å². The smallest absolute Gasteiger partial charge is 0.325 e. The predicted molar refractivity (Wildman–Crippen MR) is 189 cm³/mol. The van der Waals surface area contributed by atoms with E-state index in [2.05, 4.69) is 37.2 Å². The lowest BCUT2D eigenvalue weighted by atomic mass is 9.96. The molecule has 0 aromatic heterocycles. The Morgan fingerprint density at radius 3 is 1.69 bits per heavy atom. The van der Waals surface area contributed by atoms with Crippen LogP contribution in [0.2, 0.25) is 0 Å². The van der Waals surface area contributed by atoms with Crippen LogP contribution in [-0.4, -0.2) is 120 Å². The number of hydrogen-bond acceptors (Lipinski definition) is 9. The standard InChI is InChI=1S/C34H58N8O10/c1-9-20(6)29(33(50)40-24(14-19(4)5)31(48)36-15-26(44)38-21(7)34(51)52)41-27(45)16-37-30(47)23(13-18(2)3)39-32(49)25-11-10-12-42(25)28(46)17-35-22(8)43/h18-21,23-25,29H,9-17H2,1-8H3,(H,35,43)(H,36,48)(H,37,47)(H,38,44)(H,39,49)(H,40,50)(H,41,45)(H,51,52). The van der Waals surface area contributed by atoms with Gasteiger partial charge in [-0.25, -0.2) is 0 Å². The van der Waals surface area contributed by atoms with Crippen molar-refractivity contribution in [3.63, 3.8) is 0 Å². The lowest BCUT2D eigenvalue weighted by Crippen LogP contribution is -2.58.